The standard InChI is InChI=1S/C11H17N3O3S/c1-3-8-5-6-9(7-10(8)12)18(16,17)14-11(15)13-4-2/h5-7H,3-4,12H2,1-2H3,(H2,13,14,15). The monoisotopic (exact) mass is 271 g/mol. The zero-order valence-electron chi connectivity index (χ0n) is 10.4. The summed E-state index contributed by atoms with van der Waals surface area (Å²) in [6.07, 6.45) is 0.718. The Bertz CT molecular complexity index is 540. The van der Waals surface area contributed by atoms with Gasteiger partial charge in [-0.05, 0) is 31.0 Å². The predicted molar refractivity (Wildman–Crippen MR) is 69.6 cm³/mol. The van der Waals surface area contributed by atoms with E-state index in [-0.39, 0.29) is 4.90 Å². The van der Waals surface area contributed by atoms with Crippen molar-refractivity contribution in [1.29, 1.82) is 0 Å². The van der Waals surface area contributed by atoms with Crippen molar-refractivity contribution in [3.05, 3.63) is 23.8 Å². The van der Waals surface area contributed by atoms with Crippen LogP contribution in [0.4, 0.5) is 10.5 Å². The Hall–Kier alpha value is -1.76. The van der Waals surface area contributed by atoms with Crippen LogP contribution in [0.25, 0.3) is 0 Å². The molecule has 0 aliphatic carbocycles. The van der Waals surface area contributed by atoms with Gasteiger partial charge in [0.15, 0.2) is 0 Å². The summed E-state index contributed by atoms with van der Waals surface area (Å²) >= 11 is 0. The number of anilines is 1. The molecule has 0 spiro atoms. The first-order valence-corrected chi connectivity index (χ1v) is 7.08. The number of aryl methyl sites for hydroxylation is 1. The maximum absolute atomic E-state index is 11.8. The molecule has 0 bridgehead atoms. The number of nitrogen functional groups attached to an aromatic ring is 1. The summed E-state index contributed by atoms with van der Waals surface area (Å²) in [5, 5.41) is 2.35. The van der Waals surface area contributed by atoms with Gasteiger partial charge in [-0.15, -0.1) is 0 Å². The average Bonchev–Trinajstić information content (AvgIpc) is 2.28. The molecule has 0 fully saturated rings. The van der Waals surface area contributed by atoms with Crippen LogP contribution in [0.5, 0.6) is 0 Å². The molecular weight excluding hydrogens is 254 g/mol. The first-order chi connectivity index (χ1) is 8.40. The van der Waals surface area contributed by atoms with E-state index < -0.39 is 16.1 Å². The number of amides is 2. The highest BCUT2D eigenvalue weighted by Gasteiger charge is 2.17. The van der Waals surface area contributed by atoms with Crippen molar-refractivity contribution in [3.8, 4) is 0 Å². The molecule has 0 radical (unpaired) electrons. The molecule has 2 amide bonds. The van der Waals surface area contributed by atoms with Gasteiger partial charge >= 0.3 is 6.03 Å². The number of benzene rings is 1. The molecule has 100 valence electrons. The van der Waals surface area contributed by atoms with E-state index in [2.05, 4.69) is 5.32 Å². The first-order valence-electron chi connectivity index (χ1n) is 5.59. The number of carbonyl (C=O) groups excluding carboxylic acids is 1. The largest absolute Gasteiger partial charge is 0.398 e. The highest BCUT2D eigenvalue weighted by molar-refractivity contribution is 7.90. The van der Waals surface area contributed by atoms with Crippen LogP contribution in [-0.2, 0) is 16.4 Å². The molecule has 0 heterocycles. The van der Waals surface area contributed by atoms with Crippen molar-refractivity contribution in [2.75, 3.05) is 12.3 Å². The van der Waals surface area contributed by atoms with Gasteiger partial charge in [0.05, 0.1) is 4.90 Å². The topological polar surface area (TPSA) is 101 Å². The van der Waals surface area contributed by atoms with Crippen molar-refractivity contribution < 1.29 is 13.2 Å². The van der Waals surface area contributed by atoms with Crippen LogP contribution < -0.4 is 15.8 Å². The zero-order valence-corrected chi connectivity index (χ0v) is 11.2. The molecule has 1 rings (SSSR count). The van der Waals surface area contributed by atoms with Crippen molar-refractivity contribution in [2.45, 2.75) is 25.2 Å². The fourth-order valence-electron chi connectivity index (χ4n) is 1.44. The van der Waals surface area contributed by atoms with Crippen molar-refractivity contribution >= 4 is 21.7 Å². The molecule has 0 unspecified atom stereocenters. The van der Waals surface area contributed by atoms with Gasteiger partial charge < -0.3 is 11.1 Å². The molecule has 7 heteroatoms. The van der Waals surface area contributed by atoms with Crippen LogP contribution >= 0.6 is 0 Å². The Morgan fingerprint density at radius 3 is 2.50 bits per heavy atom. The summed E-state index contributed by atoms with van der Waals surface area (Å²) in [6.45, 7) is 3.96. The highest BCUT2D eigenvalue weighted by Crippen LogP contribution is 2.18. The Labute approximate surface area is 107 Å². The lowest BCUT2D eigenvalue weighted by molar-refractivity contribution is 0.246. The van der Waals surface area contributed by atoms with Crippen LogP contribution in [-0.4, -0.2) is 21.0 Å². The molecule has 0 saturated heterocycles. The minimum absolute atomic E-state index is 0.0246. The fourth-order valence-corrected chi connectivity index (χ4v) is 2.40. The summed E-state index contributed by atoms with van der Waals surface area (Å²) in [5.41, 5.74) is 6.99. The lowest BCUT2D eigenvalue weighted by atomic mass is 10.1. The van der Waals surface area contributed by atoms with E-state index in [9.17, 15) is 13.2 Å². The second kappa shape index (κ2) is 5.72. The molecule has 1 aromatic carbocycles. The lowest BCUT2D eigenvalue weighted by Crippen LogP contribution is -2.39. The van der Waals surface area contributed by atoms with Crippen LogP contribution in [0.15, 0.2) is 23.1 Å². The highest BCUT2D eigenvalue weighted by atomic mass is 32.2. The Morgan fingerprint density at radius 2 is 2.00 bits per heavy atom. The summed E-state index contributed by atoms with van der Waals surface area (Å²) in [7, 11) is -3.87. The van der Waals surface area contributed by atoms with E-state index in [4.69, 9.17) is 5.73 Å². The number of nitrogens with two attached hydrogens (primary N) is 1. The Kier molecular flexibility index (Phi) is 4.55. The summed E-state index contributed by atoms with van der Waals surface area (Å²) < 4.78 is 25.6. The molecule has 18 heavy (non-hydrogen) atoms. The van der Waals surface area contributed by atoms with Crippen LogP contribution in [0.3, 0.4) is 0 Å². The second-order valence-corrected chi connectivity index (χ2v) is 5.36. The maximum Gasteiger partial charge on any atom is 0.328 e. The molecule has 0 aliphatic heterocycles. The van der Waals surface area contributed by atoms with E-state index >= 15 is 0 Å². The fraction of sp³-hybridized carbons (Fsp3) is 0.364. The third-order valence-electron chi connectivity index (χ3n) is 2.37. The first kappa shape index (κ1) is 14.3. The van der Waals surface area contributed by atoms with E-state index in [1.54, 1.807) is 13.0 Å². The quantitative estimate of drug-likeness (QED) is 0.706. The van der Waals surface area contributed by atoms with Crippen molar-refractivity contribution in [3.63, 3.8) is 0 Å². The second-order valence-electron chi connectivity index (χ2n) is 3.68. The van der Waals surface area contributed by atoms with Gasteiger partial charge in [0.25, 0.3) is 10.0 Å². The van der Waals surface area contributed by atoms with Gasteiger partial charge in [-0.3, -0.25) is 0 Å². The normalized spacial score (nSPS) is 11.0. The predicted octanol–water partition coefficient (Wildman–Crippen LogP) is 0.839. The number of urea groups is 1. The number of hydrogen-bond donors (Lipinski definition) is 3. The van der Waals surface area contributed by atoms with E-state index in [1.165, 1.54) is 12.1 Å². The van der Waals surface area contributed by atoms with Gasteiger partial charge in [-0.1, -0.05) is 13.0 Å². The Balaban J connectivity index is 2.99. The zero-order chi connectivity index (χ0) is 13.8. The molecule has 6 nitrogen and oxygen atoms in total. The number of hydrogen-bond acceptors (Lipinski definition) is 4. The number of sulfonamides is 1. The third-order valence-corrected chi connectivity index (χ3v) is 3.70. The molecule has 1 aromatic rings. The number of nitrogens with one attached hydrogen (secondary N) is 2. The lowest BCUT2D eigenvalue weighted by Gasteiger charge is -2.09. The van der Waals surface area contributed by atoms with E-state index in [0.29, 0.717) is 12.2 Å². The molecular formula is C11H17N3O3S. The number of rotatable bonds is 4. The Morgan fingerprint density at radius 1 is 1.33 bits per heavy atom. The van der Waals surface area contributed by atoms with E-state index in [0.717, 1.165) is 12.0 Å². The summed E-state index contributed by atoms with van der Waals surface area (Å²) in [6, 6.07) is 3.66. The van der Waals surface area contributed by atoms with Gasteiger partial charge in [0, 0.05) is 12.2 Å². The molecule has 0 saturated carbocycles. The van der Waals surface area contributed by atoms with Gasteiger partial charge in [-0.2, -0.15) is 0 Å². The average molecular weight is 271 g/mol. The minimum Gasteiger partial charge on any atom is -0.398 e. The molecule has 0 aliphatic rings. The maximum atomic E-state index is 11.8. The molecule has 0 aromatic heterocycles. The van der Waals surface area contributed by atoms with Gasteiger partial charge in [0.2, 0.25) is 0 Å². The SMILES string of the molecule is CCNC(=O)NS(=O)(=O)c1ccc(CC)c(N)c1. The number of carbonyl (C=O) groups is 1. The smallest absolute Gasteiger partial charge is 0.328 e. The molecule has 4 N–H and O–H groups in total. The summed E-state index contributed by atoms with van der Waals surface area (Å²) in [5.74, 6) is 0. The van der Waals surface area contributed by atoms with Crippen molar-refractivity contribution in [1.82, 2.24) is 10.0 Å². The summed E-state index contributed by atoms with van der Waals surface area (Å²) in [4.78, 5) is 11.2. The van der Waals surface area contributed by atoms with Crippen LogP contribution in [0.2, 0.25) is 0 Å². The van der Waals surface area contributed by atoms with Crippen LogP contribution in [0.1, 0.15) is 19.4 Å². The van der Waals surface area contributed by atoms with Gasteiger partial charge in [-0.25, -0.2) is 17.9 Å². The van der Waals surface area contributed by atoms with Crippen LogP contribution in [0, 0.1) is 0 Å². The minimum atomic E-state index is -3.87. The third kappa shape index (κ3) is 3.36. The van der Waals surface area contributed by atoms with Gasteiger partial charge in [0.1, 0.15) is 0 Å². The molecule has 0 atom stereocenters. The van der Waals surface area contributed by atoms with Crippen molar-refractivity contribution in [2.24, 2.45) is 0 Å². The van der Waals surface area contributed by atoms with E-state index in [1.807, 2.05) is 11.6 Å².